The molecular weight excluding hydrogens is 222 g/mol. The molecule has 0 amide bonds. The van der Waals surface area contributed by atoms with Crippen molar-refractivity contribution in [1.82, 2.24) is 9.97 Å². The number of anilines is 1. The Morgan fingerprint density at radius 2 is 1.83 bits per heavy atom. The lowest BCUT2D eigenvalue weighted by molar-refractivity contribution is 0.965. The quantitative estimate of drug-likeness (QED) is 0.870. The number of benzene rings is 1. The van der Waals surface area contributed by atoms with Crippen LogP contribution in [0.1, 0.15) is 25.8 Å². The zero-order chi connectivity index (χ0) is 12.8. The standard InChI is InChI=1S/C15H19N3/c1-3-9-17-15-11-16-10-14(18-15)13-7-5-12(4-2)6-8-13/h5-8,10-11H,3-4,9H2,1-2H3,(H,17,18). The first kappa shape index (κ1) is 12.6. The molecule has 2 aromatic rings. The normalized spacial score (nSPS) is 10.3. The van der Waals surface area contributed by atoms with Crippen LogP contribution < -0.4 is 5.32 Å². The summed E-state index contributed by atoms with van der Waals surface area (Å²) in [6, 6.07) is 8.49. The van der Waals surface area contributed by atoms with Gasteiger partial charge in [-0.2, -0.15) is 0 Å². The fourth-order valence-corrected chi connectivity index (χ4v) is 1.75. The molecule has 0 aliphatic carbocycles. The minimum atomic E-state index is 0.842. The van der Waals surface area contributed by atoms with Crippen molar-refractivity contribution >= 4 is 5.82 Å². The number of hydrogen-bond acceptors (Lipinski definition) is 3. The first-order valence-corrected chi connectivity index (χ1v) is 6.48. The third kappa shape index (κ3) is 3.06. The van der Waals surface area contributed by atoms with E-state index in [0.717, 1.165) is 36.5 Å². The van der Waals surface area contributed by atoms with Crippen molar-refractivity contribution in [2.45, 2.75) is 26.7 Å². The van der Waals surface area contributed by atoms with E-state index in [1.54, 1.807) is 12.4 Å². The smallest absolute Gasteiger partial charge is 0.145 e. The predicted octanol–water partition coefficient (Wildman–Crippen LogP) is 3.53. The molecule has 0 bridgehead atoms. The largest absolute Gasteiger partial charge is 0.369 e. The fourth-order valence-electron chi connectivity index (χ4n) is 1.75. The second-order valence-electron chi connectivity index (χ2n) is 4.27. The average Bonchev–Trinajstić information content (AvgIpc) is 2.45. The van der Waals surface area contributed by atoms with Crippen LogP contribution in [-0.4, -0.2) is 16.5 Å². The molecular formula is C15H19N3. The summed E-state index contributed by atoms with van der Waals surface area (Å²) in [7, 11) is 0. The molecule has 3 nitrogen and oxygen atoms in total. The van der Waals surface area contributed by atoms with Gasteiger partial charge < -0.3 is 5.32 Å². The molecule has 0 saturated carbocycles. The maximum absolute atomic E-state index is 4.56. The molecule has 1 aromatic carbocycles. The van der Waals surface area contributed by atoms with Gasteiger partial charge in [-0.05, 0) is 18.4 Å². The first-order chi connectivity index (χ1) is 8.83. The fraction of sp³-hybridized carbons (Fsp3) is 0.333. The zero-order valence-corrected chi connectivity index (χ0v) is 11.0. The number of aryl methyl sites for hydroxylation is 1. The van der Waals surface area contributed by atoms with Gasteiger partial charge in [0.25, 0.3) is 0 Å². The van der Waals surface area contributed by atoms with E-state index in [1.807, 2.05) is 0 Å². The van der Waals surface area contributed by atoms with Crippen molar-refractivity contribution in [1.29, 1.82) is 0 Å². The van der Waals surface area contributed by atoms with Crippen LogP contribution in [0, 0.1) is 0 Å². The minimum Gasteiger partial charge on any atom is -0.369 e. The molecule has 0 spiro atoms. The Hall–Kier alpha value is -1.90. The zero-order valence-electron chi connectivity index (χ0n) is 11.0. The van der Waals surface area contributed by atoms with Gasteiger partial charge in [-0.1, -0.05) is 38.1 Å². The lowest BCUT2D eigenvalue weighted by Gasteiger charge is -2.06. The molecule has 3 heteroatoms. The molecule has 0 radical (unpaired) electrons. The van der Waals surface area contributed by atoms with Crippen molar-refractivity contribution in [2.75, 3.05) is 11.9 Å². The average molecular weight is 241 g/mol. The van der Waals surface area contributed by atoms with Crippen molar-refractivity contribution < 1.29 is 0 Å². The Labute approximate surface area is 108 Å². The van der Waals surface area contributed by atoms with Gasteiger partial charge in [0.2, 0.25) is 0 Å². The third-order valence-corrected chi connectivity index (χ3v) is 2.85. The Bertz CT molecular complexity index is 491. The van der Waals surface area contributed by atoms with Crippen molar-refractivity contribution in [3.8, 4) is 11.3 Å². The maximum atomic E-state index is 4.56. The van der Waals surface area contributed by atoms with Gasteiger partial charge in [-0.15, -0.1) is 0 Å². The van der Waals surface area contributed by atoms with Gasteiger partial charge in [-0.3, -0.25) is 4.98 Å². The minimum absolute atomic E-state index is 0.842. The van der Waals surface area contributed by atoms with Gasteiger partial charge in [0.1, 0.15) is 5.82 Å². The lowest BCUT2D eigenvalue weighted by Crippen LogP contribution is -2.02. The first-order valence-electron chi connectivity index (χ1n) is 6.48. The van der Waals surface area contributed by atoms with Crippen molar-refractivity contribution in [3.63, 3.8) is 0 Å². The second kappa shape index (κ2) is 6.15. The predicted molar refractivity (Wildman–Crippen MR) is 75.6 cm³/mol. The van der Waals surface area contributed by atoms with E-state index in [1.165, 1.54) is 5.56 Å². The maximum Gasteiger partial charge on any atom is 0.145 e. The molecule has 0 atom stereocenters. The summed E-state index contributed by atoms with van der Waals surface area (Å²) in [6.07, 6.45) is 5.71. The van der Waals surface area contributed by atoms with Gasteiger partial charge in [0.05, 0.1) is 18.1 Å². The van der Waals surface area contributed by atoms with Crippen LogP contribution >= 0.6 is 0 Å². The van der Waals surface area contributed by atoms with Crippen LogP contribution in [-0.2, 0) is 6.42 Å². The van der Waals surface area contributed by atoms with Crippen LogP contribution in [0.3, 0.4) is 0 Å². The summed E-state index contributed by atoms with van der Waals surface area (Å²) >= 11 is 0. The van der Waals surface area contributed by atoms with E-state index < -0.39 is 0 Å². The van der Waals surface area contributed by atoms with E-state index in [2.05, 4.69) is 53.4 Å². The van der Waals surface area contributed by atoms with Gasteiger partial charge in [-0.25, -0.2) is 4.98 Å². The number of nitrogens with zero attached hydrogens (tertiary/aromatic N) is 2. The van der Waals surface area contributed by atoms with Crippen LogP contribution in [0.5, 0.6) is 0 Å². The number of aromatic nitrogens is 2. The van der Waals surface area contributed by atoms with Crippen LogP contribution in [0.25, 0.3) is 11.3 Å². The third-order valence-electron chi connectivity index (χ3n) is 2.85. The molecule has 1 heterocycles. The van der Waals surface area contributed by atoms with Crippen molar-refractivity contribution in [2.24, 2.45) is 0 Å². The van der Waals surface area contributed by atoms with E-state index in [4.69, 9.17) is 0 Å². The van der Waals surface area contributed by atoms with Gasteiger partial charge in [0, 0.05) is 12.1 Å². The van der Waals surface area contributed by atoms with E-state index in [-0.39, 0.29) is 0 Å². The summed E-state index contributed by atoms with van der Waals surface area (Å²) < 4.78 is 0. The molecule has 94 valence electrons. The monoisotopic (exact) mass is 241 g/mol. The molecule has 0 fully saturated rings. The Morgan fingerprint density at radius 3 is 2.50 bits per heavy atom. The number of rotatable bonds is 5. The summed E-state index contributed by atoms with van der Waals surface area (Å²) in [5, 5.41) is 3.25. The van der Waals surface area contributed by atoms with Crippen LogP contribution in [0.15, 0.2) is 36.7 Å². The summed E-state index contributed by atoms with van der Waals surface area (Å²) in [4.78, 5) is 8.79. The lowest BCUT2D eigenvalue weighted by atomic mass is 10.1. The highest BCUT2D eigenvalue weighted by Crippen LogP contribution is 2.18. The van der Waals surface area contributed by atoms with E-state index in [9.17, 15) is 0 Å². The van der Waals surface area contributed by atoms with Crippen LogP contribution in [0.4, 0.5) is 5.82 Å². The molecule has 1 aromatic heterocycles. The highest BCUT2D eigenvalue weighted by atomic mass is 15.0. The number of hydrogen-bond donors (Lipinski definition) is 1. The van der Waals surface area contributed by atoms with E-state index >= 15 is 0 Å². The Balaban J connectivity index is 2.20. The summed E-state index contributed by atoms with van der Waals surface area (Å²) in [5.41, 5.74) is 3.37. The molecule has 2 rings (SSSR count). The van der Waals surface area contributed by atoms with Gasteiger partial charge in [0.15, 0.2) is 0 Å². The Kier molecular flexibility index (Phi) is 4.29. The highest BCUT2D eigenvalue weighted by Gasteiger charge is 2.01. The second-order valence-corrected chi connectivity index (χ2v) is 4.27. The summed E-state index contributed by atoms with van der Waals surface area (Å²) in [6.45, 7) is 5.21. The summed E-state index contributed by atoms with van der Waals surface area (Å²) in [5.74, 6) is 0.842. The molecule has 0 aliphatic rings. The SMILES string of the molecule is CCCNc1cncc(-c2ccc(CC)cc2)n1. The molecule has 1 N–H and O–H groups in total. The topological polar surface area (TPSA) is 37.8 Å². The molecule has 0 saturated heterocycles. The molecule has 18 heavy (non-hydrogen) atoms. The molecule has 0 aliphatic heterocycles. The van der Waals surface area contributed by atoms with Gasteiger partial charge >= 0.3 is 0 Å². The number of nitrogens with one attached hydrogen (secondary N) is 1. The van der Waals surface area contributed by atoms with Crippen molar-refractivity contribution in [3.05, 3.63) is 42.2 Å². The Morgan fingerprint density at radius 1 is 1.06 bits per heavy atom. The molecule has 0 unspecified atom stereocenters. The van der Waals surface area contributed by atoms with E-state index in [0.29, 0.717) is 0 Å². The highest BCUT2D eigenvalue weighted by molar-refractivity contribution is 5.60. The van der Waals surface area contributed by atoms with Crippen LogP contribution in [0.2, 0.25) is 0 Å².